The van der Waals surface area contributed by atoms with Gasteiger partial charge in [0.25, 0.3) is 0 Å². The second-order valence-corrected chi connectivity index (χ2v) is 7.45. The van der Waals surface area contributed by atoms with Crippen molar-refractivity contribution in [3.05, 3.63) is 29.8 Å². The van der Waals surface area contributed by atoms with Gasteiger partial charge in [-0.1, -0.05) is 32.4 Å². The van der Waals surface area contributed by atoms with Gasteiger partial charge in [0.1, 0.15) is 0 Å². The van der Waals surface area contributed by atoms with Crippen molar-refractivity contribution in [3.8, 4) is 0 Å². The zero-order chi connectivity index (χ0) is 14.8. The van der Waals surface area contributed by atoms with Gasteiger partial charge in [-0.05, 0) is 25.0 Å². The third-order valence-corrected chi connectivity index (χ3v) is 5.53. The van der Waals surface area contributed by atoms with Crippen molar-refractivity contribution in [1.29, 1.82) is 0 Å². The predicted molar refractivity (Wildman–Crippen MR) is 78.2 cm³/mol. The number of nitrogens with zero attached hydrogens (tertiary/aromatic N) is 1. The van der Waals surface area contributed by atoms with Crippen LogP contribution in [-0.2, 0) is 10.0 Å². The van der Waals surface area contributed by atoms with Gasteiger partial charge >= 0.3 is 0 Å². The number of piperidine rings is 1. The fourth-order valence-corrected chi connectivity index (χ4v) is 3.90. The standard InChI is InChI=1S/C15H21NO3S/c1-12(2)15(17)13-6-8-14(9-7-13)20(18,19)16-10-4-3-5-11-16/h6-9,12H,3-5,10-11H2,1-2H3. The minimum atomic E-state index is -3.40. The summed E-state index contributed by atoms with van der Waals surface area (Å²) in [6, 6.07) is 6.30. The van der Waals surface area contributed by atoms with Crippen molar-refractivity contribution in [2.24, 2.45) is 5.92 Å². The molecule has 4 nitrogen and oxygen atoms in total. The first-order valence-electron chi connectivity index (χ1n) is 7.07. The maximum atomic E-state index is 12.4. The van der Waals surface area contributed by atoms with Gasteiger partial charge in [-0.15, -0.1) is 0 Å². The van der Waals surface area contributed by atoms with Crippen LogP contribution in [0.1, 0.15) is 43.5 Å². The van der Waals surface area contributed by atoms with Crippen molar-refractivity contribution >= 4 is 15.8 Å². The third-order valence-electron chi connectivity index (χ3n) is 3.62. The molecule has 0 atom stereocenters. The van der Waals surface area contributed by atoms with Gasteiger partial charge < -0.3 is 0 Å². The molecule has 0 radical (unpaired) electrons. The normalized spacial score (nSPS) is 17.4. The Hall–Kier alpha value is -1.20. The van der Waals surface area contributed by atoms with E-state index in [9.17, 15) is 13.2 Å². The molecule has 1 aromatic rings. The summed E-state index contributed by atoms with van der Waals surface area (Å²) in [4.78, 5) is 12.1. The quantitative estimate of drug-likeness (QED) is 0.803. The largest absolute Gasteiger partial charge is 0.294 e. The van der Waals surface area contributed by atoms with E-state index in [1.54, 1.807) is 24.3 Å². The number of carbonyl (C=O) groups excluding carboxylic acids is 1. The monoisotopic (exact) mass is 295 g/mol. The summed E-state index contributed by atoms with van der Waals surface area (Å²) in [5.74, 6) is -0.0496. The van der Waals surface area contributed by atoms with Crippen molar-refractivity contribution in [1.82, 2.24) is 4.31 Å². The van der Waals surface area contributed by atoms with Crippen LogP contribution in [0.25, 0.3) is 0 Å². The van der Waals surface area contributed by atoms with E-state index in [0.717, 1.165) is 19.3 Å². The number of rotatable bonds is 4. The van der Waals surface area contributed by atoms with E-state index in [1.807, 2.05) is 13.8 Å². The highest BCUT2D eigenvalue weighted by molar-refractivity contribution is 7.89. The minimum Gasteiger partial charge on any atom is -0.294 e. The lowest BCUT2D eigenvalue weighted by Gasteiger charge is -2.25. The lowest BCUT2D eigenvalue weighted by Crippen LogP contribution is -2.35. The molecule has 1 saturated heterocycles. The molecule has 1 fully saturated rings. The van der Waals surface area contributed by atoms with E-state index < -0.39 is 10.0 Å². The molecule has 0 unspecified atom stereocenters. The van der Waals surface area contributed by atoms with Gasteiger partial charge in [-0.3, -0.25) is 4.79 Å². The first-order chi connectivity index (χ1) is 9.43. The van der Waals surface area contributed by atoms with Gasteiger partial charge in [0, 0.05) is 24.6 Å². The lowest BCUT2D eigenvalue weighted by molar-refractivity contribution is 0.0939. The summed E-state index contributed by atoms with van der Waals surface area (Å²) in [7, 11) is -3.40. The zero-order valence-electron chi connectivity index (χ0n) is 12.0. The Kier molecular flexibility index (Phi) is 4.60. The highest BCUT2D eigenvalue weighted by Crippen LogP contribution is 2.21. The summed E-state index contributed by atoms with van der Waals surface area (Å²) in [6.45, 7) is 4.85. The van der Waals surface area contributed by atoms with E-state index in [-0.39, 0.29) is 16.6 Å². The molecular weight excluding hydrogens is 274 g/mol. The van der Waals surface area contributed by atoms with Gasteiger partial charge in [0.2, 0.25) is 10.0 Å². The Bertz CT molecular complexity index is 570. The highest BCUT2D eigenvalue weighted by atomic mass is 32.2. The molecule has 0 aliphatic carbocycles. The molecule has 1 aliphatic rings. The average Bonchev–Trinajstić information content (AvgIpc) is 2.47. The van der Waals surface area contributed by atoms with Crippen molar-refractivity contribution in [3.63, 3.8) is 0 Å². The molecule has 1 aromatic carbocycles. The Labute approximate surface area is 120 Å². The van der Waals surface area contributed by atoms with Gasteiger partial charge in [-0.2, -0.15) is 4.31 Å². The van der Waals surface area contributed by atoms with Crippen LogP contribution in [0.5, 0.6) is 0 Å². The first-order valence-corrected chi connectivity index (χ1v) is 8.51. The molecule has 0 saturated carbocycles. The van der Waals surface area contributed by atoms with Crippen molar-refractivity contribution < 1.29 is 13.2 Å². The van der Waals surface area contributed by atoms with Crippen LogP contribution in [0.2, 0.25) is 0 Å². The molecule has 0 spiro atoms. The van der Waals surface area contributed by atoms with Crippen LogP contribution < -0.4 is 0 Å². The molecule has 1 heterocycles. The zero-order valence-corrected chi connectivity index (χ0v) is 12.8. The molecule has 1 aliphatic heterocycles. The number of sulfonamides is 1. The van der Waals surface area contributed by atoms with Crippen molar-refractivity contribution in [2.75, 3.05) is 13.1 Å². The average molecular weight is 295 g/mol. The first kappa shape index (κ1) is 15.2. The van der Waals surface area contributed by atoms with E-state index in [0.29, 0.717) is 18.7 Å². The molecule has 110 valence electrons. The van der Waals surface area contributed by atoms with E-state index in [2.05, 4.69) is 0 Å². The van der Waals surface area contributed by atoms with E-state index in [1.165, 1.54) is 4.31 Å². The number of carbonyl (C=O) groups is 1. The number of benzene rings is 1. The Morgan fingerprint density at radius 2 is 1.60 bits per heavy atom. The van der Waals surface area contributed by atoms with Crippen LogP contribution in [0.3, 0.4) is 0 Å². The smallest absolute Gasteiger partial charge is 0.243 e. The van der Waals surface area contributed by atoms with Crippen LogP contribution in [0.4, 0.5) is 0 Å². The summed E-state index contributed by atoms with van der Waals surface area (Å²) in [5, 5.41) is 0. The van der Waals surface area contributed by atoms with Gasteiger partial charge in [0.15, 0.2) is 5.78 Å². The van der Waals surface area contributed by atoms with Crippen LogP contribution >= 0.6 is 0 Å². The molecule has 0 N–H and O–H groups in total. The Balaban J connectivity index is 2.22. The number of hydrogen-bond acceptors (Lipinski definition) is 3. The molecule has 2 rings (SSSR count). The summed E-state index contributed by atoms with van der Waals surface area (Å²) in [6.07, 6.45) is 2.93. The summed E-state index contributed by atoms with van der Waals surface area (Å²) >= 11 is 0. The second kappa shape index (κ2) is 6.06. The van der Waals surface area contributed by atoms with E-state index in [4.69, 9.17) is 0 Å². The van der Waals surface area contributed by atoms with Crippen molar-refractivity contribution in [2.45, 2.75) is 38.0 Å². The molecule has 0 aromatic heterocycles. The summed E-state index contributed by atoms with van der Waals surface area (Å²) in [5.41, 5.74) is 0.567. The lowest BCUT2D eigenvalue weighted by atomic mass is 10.0. The van der Waals surface area contributed by atoms with Gasteiger partial charge in [-0.25, -0.2) is 8.42 Å². The number of ketones is 1. The van der Waals surface area contributed by atoms with Crippen LogP contribution in [-0.4, -0.2) is 31.6 Å². The van der Waals surface area contributed by atoms with E-state index >= 15 is 0 Å². The fourth-order valence-electron chi connectivity index (χ4n) is 2.38. The SMILES string of the molecule is CC(C)C(=O)c1ccc(S(=O)(=O)N2CCCCC2)cc1. The highest BCUT2D eigenvalue weighted by Gasteiger charge is 2.25. The van der Waals surface area contributed by atoms with Crippen LogP contribution in [0, 0.1) is 5.92 Å². The number of Topliss-reactive ketones (excluding diaryl/α,β-unsaturated/α-hetero) is 1. The second-order valence-electron chi connectivity index (χ2n) is 5.51. The molecule has 0 bridgehead atoms. The molecule has 5 heteroatoms. The topological polar surface area (TPSA) is 54.5 Å². The number of hydrogen-bond donors (Lipinski definition) is 0. The van der Waals surface area contributed by atoms with Crippen LogP contribution in [0.15, 0.2) is 29.2 Å². The maximum Gasteiger partial charge on any atom is 0.243 e. The Morgan fingerprint density at radius 1 is 1.05 bits per heavy atom. The Morgan fingerprint density at radius 3 is 2.10 bits per heavy atom. The molecular formula is C15H21NO3S. The predicted octanol–water partition coefficient (Wildman–Crippen LogP) is 2.70. The van der Waals surface area contributed by atoms with Gasteiger partial charge in [0.05, 0.1) is 4.90 Å². The molecule has 0 amide bonds. The molecule has 20 heavy (non-hydrogen) atoms. The summed E-state index contributed by atoms with van der Waals surface area (Å²) < 4.78 is 26.4. The fraction of sp³-hybridized carbons (Fsp3) is 0.533. The third kappa shape index (κ3) is 3.10. The minimum absolute atomic E-state index is 0.0342. The maximum absolute atomic E-state index is 12.4.